The number of carbonyl (C=O) groups excluding carboxylic acids is 4. The van der Waals surface area contributed by atoms with E-state index in [-0.39, 0.29) is 30.9 Å². The number of ketones is 1. The lowest BCUT2D eigenvalue weighted by Gasteiger charge is -2.32. The Balaban J connectivity index is 1.63. The second-order valence-electron chi connectivity index (χ2n) is 11.3. The van der Waals surface area contributed by atoms with E-state index in [0.717, 1.165) is 24.0 Å². The number of hydrogen-bond acceptors (Lipinski definition) is 7. The number of ether oxygens (including phenoxy) is 1. The maximum absolute atomic E-state index is 13.5. The van der Waals surface area contributed by atoms with E-state index in [9.17, 15) is 24.3 Å². The molecule has 1 heterocycles. The fourth-order valence-electron chi connectivity index (χ4n) is 5.12. The molecule has 5 atom stereocenters. The van der Waals surface area contributed by atoms with E-state index in [0.29, 0.717) is 13.0 Å². The maximum Gasteiger partial charge on any atom is 0.408 e. The fraction of sp³-hybridized carbons (Fsp3) is 0.500. The molecule has 10 nitrogen and oxygen atoms in total. The molecule has 2 aromatic rings. The summed E-state index contributed by atoms with van der Waals surface area (Å²) in [7, 11) is 0. The minimum atomic E-state index is -0.952. The van der Waals surface area contributed by atoms with Gasteiger partial charge in [-0.25, -0.2) is 4.79 Å². The highest BCUT2D eigenvalue weighted by Crippen LogP contribution is 2.20. The highest BCUT2D eigenvalue weighted by Gasteiger charge is 2.34. The molecule has 10 heteroatoms. The molecule has 42 heavy (non-hydrogen) atoms. The topological polar surface area (TPSA) is 137 Å². The summed E-state index contributed by atoms with van der Waals surface area (Å²) < 4.78 is 5.20. The van der Waals surface area contributed by atoms with Gasteiger partial charge in [-0.3, -0.25) is 19.3 Å². The Hall–Kier alpha value is -3.76. The predicted octanol–water partition coefficient (Wildman–Crippen LogP) is 2.58. The Morgan fingerprint density at radius 1 is 0.905 bits per heavy atom. The zero-order chi connectivity index (χ0) is 30.6. The van der Waals surface area contributed by atoms with E-state index in [2.05, 4.69) is 16.0 Å². The zero-order valence-corrected chi connectivity index (χ0v) is 24.9. The molecular weight excluding hydrogens is 536 g/mol. The molecule has 0 saturated carbocycles. The van der Waals surface area contributed by atoms with Crippen molar-refractivity contribution in [1.82, 2.24) is 20.9 Å². The highest BCUT2D eigenvalue weighted by molar-refractivity contribution is 5.91. The number of aliphatic hydroxyl groups is 1. The molecule has 0 aromatic heterocycles. The van der Waals surface area contributed by atoms with Crippen LogP contribution in [0.3, 0.4) is 0 Å². The summed E-state index contributed by atoms with van der Waals surface area (Å²) in [6.07, 6.45) is 0.309. The van der Waals surface area contributed by atoms with Gasteiger partial charge < -0.3 is 25.8 Å². The number of alkyl carbamates (subject to hydrolysis) is 1. The monoisotopic (exact) mass is 580 g/mol. The van der Waals surface area contributed by atoms with Crippen LogP contribution in [0, 0.1) is 5.92 Å². The molecule has 0 aliphatic carbocycles. The molecular formula is C32H44N4O6. The molecule has 0 bridgehead atoms. The summed E-state index contributed by atoms with van der Waals surface area (Å²) >= 11 is 0. The Kier molecular flexibility index (Phi) is 12.5. The molecule has 1 aliphatic heterocycles. The lowest BCUT2D eigenvalue weighted by atomic mass is 9.98. The van der Waals surface area contributed by atoms with Crippen LogP contribution in [0.2, 0.25) is 0 Å². The number of carbonyl (C=O) groups is 4. The van der Waals surface area contributed by atoms with Gasteiger partial charge in [-0.15, -0.1) is 0 Å². The van der Waals surface area contributed by atoms with Gasteiger partial charge in [0.1, 0.15) is 24.5 Å². The predicted molar refractivity (Wildman–Crippen MR) is 159 cm³/mol. The smallest absolute Gasteiger partial charge is 0.408 e. The van der Waals surface area contributed by atoms with Gasteiger partial charge >= 0.3 is 6.09 Å². The number of likely N-dealkylation sites (tertiary alicyclic amines) is 1. The van der Waals surface area contributed by atoms with Crippen molar-refractivity contribution in [2.45, 2.75) is 83.8 Å². The Labute approximate surface area is 248 Å². The minimum absolute atomic E-state index is 0.0633. The average molecular weight is 581 g/mol. The normalized spacial score (nSPS) is 18.0. The quantitative estimate of drug-likeness (QED) is 0.270. The summed E-state index contributed by atoms with van der Waals surface area (Å²) in [5, 5.41) is 19.5. The van der Waals surface area contributed by atoms with Crippen molar-refractivity contribution in [3.8, 4) is 0 Å². The highest BCUT2D eigenvalue weighted by atomic mass is 16.5. The van der Waals surface area contributed by atoms with Crippen LogP contribution in [0.4, 0.5) is 4.79 Å². The van der Waals surface area contributed by atoms with Crippen LogP contribution in [0.5, 0.6) is 0 Å². The number of amides is 3. The van der Waals surface area contributed by atoms with Gasteiger partial charge in [-0.2, -0.15) is 0 Å². The van der Waals surface area contributed by atoms with Crippen LogP contribution in [-0.4, -0.2) is 77.1 Å². The fourth-order valence-corrected chi connectivity index (χ4v) is 5.12. The first-order valence-electron chi connectivity index (χ1n) is 14.6. The molecule has 3 rings (SSSR count). The maximum atomic E-state index is 13.5. The molecule has 228 valence electrons. The van der Waals surface area contributed by atoms with Crippen LogP contribution >= 0.6 is 0 Å². The Morgan fingerprint density at radius 3 is 2.12 bits per heavy atom. The van der Waals surface area contributed by atoms with Gasteiger partial charge in [0, 0.05) is 6.54 Å². The van der Waals surface area contributed by atoms with Crippen molar-refractivity contribution < 1.29 is 29.0 Å². The summed E-state index contributed by atoms with van der Waals surface area (Å²) in [5.74, 6) is -1.19. The number of benzene rings is 2. The van der Waals surface area contributed by atoms with Crippen LogP contribution in [0.15, 0.2) is 60.7 Å². The van der Waals surface area contributed by atoms with Gasteiger partial charge in [-0.1, -0.05) is 74.5 Å². The third-order valence-corrected chi connectivity index (χ3v) is 7.53. The average Bonchev–Trinajstić information content (AvgIpc) is 3.43. The van der Waals surface area contributed by atoms with Gasteiger partial charge in [0.05, 0.1) is 18.2 Å². The number of rotatable bonds is 14. The van der Waals surface area contributed by atoms with Gasteiger partial charge in [0.25, 0.3) is 0 Å². The summed E-state index contributed by atoms with van der Waals surface area (Å²) in [5.41, 5.74) is 1.75. The molecule has 2 aromatic carbocycles. The van der Waals surface area contributed by atoms with E-state index >= 15 is 0 Å². The van der Waals surface area contributed by atoms with Gasteiger partial charge in [0.2, 0.25) is 11.8 Å². The number of β-amino-alcohol motifs (C(OH)–C–C–N with tert-alkyl or cyclic N) is 1. The molecule has 3 amide bonds. The molecule has 0 spiro atoms. The third kappa shape index (κ3) is 9.95. The van der Waals surface area contributed by atoms with Crippen molar-refractivity contribution in [2.24, 2.45) is 5.92 Å². The van der Waals surface area contributed by atoms with Crippen LogP contribution < -0.4 is 16.0 Å². The first-order chi connectivity index (χ1) is 20.0. The largest absolute Gasteiger partial charge is 0.445 e. The second kappa shape index (κ2) is 16.0. The van der Waals surface area contributed by atoms with Crippen molar-refractivity contribution in [3.63, 3.8) is 0 Å². The molecule has 4 N–H and O–H groups in total. The van der Waals surface area contributed by atoms with Crippen molar-refractivity contribution in [3.05, 3.63) is 71.8 Å². The zero-order valence-electron chi connectivity index (χ0n) is 24.9. The van der Waals surface area contributed by atoms with Crippen molar-refractivity contribution in [1.29, 1.82) is 0 Å². The van der Waals surface area contributed by atoms with Gasteiger partial charge in [-0.05, 0) is 56.7 Å². The minimum Gasteiger partial charge on any atom is -0.445 e. The lowest BCUT2D eigenvalue weighted by Crippen LogP contribution is -2.58. The number of Topliss-reactive ketones (excluding diaryl/α,β-unsaturated/α-hetero) is 1. The van der Waals surface area contributed by atoms with E-state index in [4.69, 9.17) is 4.74 Å². The first-order valence-corrected chi connectivity index (χ1v) is 14.6. The second-order valence-corrected chi connectivity index (χ2v) is 11.3. The Bertz CT molecular complexity index is 1180. The standard InChI is InChI=1S/C32H44N4O6/c1-21(2)29(35-30(39)22(3)33-32(41)42-20-25-14-9-6-10-15-25)31(40)34-26(18-24-12-7-5-8-13-24)28(38)19-36-17-11-16-27(36)23(4)37/h5-10,12-15,21-22,26-29,38H,11,16-20H2,1-4H3,(H,33,41)(H,34,40)(H,35,39)/t22-,26+,27+,28-,29-/m1/s1. The van der Waals surface area contributed by atoms with E-state index in [1.165, 1.54) is 6.92 Å². The lowest BCUT2D eigenvalue weighted by molar-refractivity contribution is -0.131. The number of aliphatic hydroxyl groups excluding tert-OH is 1. The summed E-state index contributed by atoms with van der Waals surface area (Å²) in [4.78, 5) is 52.8. The molecule has 0 unspecified atom stereocenters. The van der Waals surface area contributed by atoms with Crippen LogP contribution in [-0.2, 0) is 32.1 Å². The number of nitrogens with zero attached hydrogens (tertiary/aromatic N) is 1. The number of hydrogen-bond donors (Lipinski definition) is 4. The third-order valence-electron chi connectivity index (χ3n) is 7.53. The first kappa shape index (κ1) is 32.8. The van der Waals surface area contributed by atoms with E-state index in [1.54, 1.807) is 20.8 Å². The van der Waals surface area contributed by atoms with Crippen LogP contribution in [0.1, 0.15) is 51.7 Å². The molecule has 0 radical (unpaired) electrons. The molecule has 1 aliphatic rings. The van der Waals surface area contributed by atoms with E-state index in [1.807, 2.05) is 65.6 Å². The molecule has 1 fully saturated rings. The van der Waals surface area contributed by atoms with Crippen molar-refractivity contribution in [2.75, 3.05) is 13.1 Å². The molecule has 1 saturated heterocycles. The summed E-state index contributed by atoms with van der Waals surface area (Å²) in [6.45, 7) is 7.70. The summed E-state index contributed by atoms with van der Waals surface area (Å²) in [6, 6.07) is 15.9. The Morgan fingerprint density at radius 2 is 1.52 bits per heavy atom. The SMILES string of the molecule is CC(=O)[C@@H]1CCCN1C[C@@H](O)[C@H](Cc1ccccc1)NC(=O)[C@H](NC(=O)[C@@H](C)NC(=O)OCc1ccccc1)C(C)C. The number of nitrogens with one attached hydrogen (secondary N) is 3. The van der Waals surface area contributed by atoms with Gasteiger partial charge in [0.15, 0.2) is 0 Å². The van der Waals surface area contributed by atoms with E-state index < -0.39 is 42.1 Å². The van der Waals surface area contributed by atoms with Crippen LogP contribution in [0.25, 0.3) is 0 Å². The van der Waals surface area contributed by atoms with Crippen molar-refractivity contribution >= 4 is 23.7 Å².